The topological polar surface area (TPSA) is 77.1 Å². The summed E-state index contributed by atoms with van der Waals surface area (Å²) in [6.07, 6.45) is 2.92. The van der Waals surface area contributed by atoms with Crippen LogP contribution in [0.3, 0.4) is 0 Å². The van der Waals surface area contributed by atoms with Crippen LogP contribution in [0.15, 0.2) is 47.3 Å². The van der Waals surface area contributed by atoms with Gasteiger partial charge in [-0.25, -0.2) is 4.98 Å². The summed E-state index contributed by atoms with van der Waals surface area (Å²) in [6.45, 7) is 2.85. The molecule has 1 atom stereocenters. The Hall–Kier alpha value is -2.96. The van der Waals surface area contributed by atoms with E-state index in [1.54, 1.807) is 11.1 Å². The highest BCUT2D eigenvalue weighted by molar-refractivity contribution is 5.81. The molecule has 3 heterocycles. The summed E-state index contributed by atoms with van der Waals surface area (Å²) in [7, 11) is 0. The Morgan fingerprint density at radius 1 is 1.26 bits per heavy atom. The van der Waals surface area contributed by atoms with Crippen LogP contribution in [-0.4, -0.2) is 30.6 Å². The molecule has 1 aliphatic rings. The van der Waals surface area contributed by atoms with Crippen LogP contribution in [0.1, 0.15) is 24.4 Å². The monoisotopic (exact) mass is 309 g/mol. The van der Waals surface area contributed by atoms with Crippen molar-refractivity contribution in [3.05, 3.63) is 54.3 Å². The van der Waals surface area contributed by atoms with Crippen LogP contribution in [0.4, 0.5) is 0 Å². The van der Waals surface area contributed by atoms with Gasteiger partial charge in [-0.15, -0.1) is 10.2 Å². The van der Waals surface area contributed by atoms with Gasteiger partial charge in [-0.2, -0.15) is 0 Å². The molecule has 1 aromatic carbocycles. The van der Waals surface area contributed by atoms with Crippen molar-refractivity contribution in [2.45, 2.75) is 26.1 Å². The smallest absolute Gasteiger partial charge is 0.246 e. The van der Waals surface area contributed by atoms with Gasteiger partial charge >= 0.3 is 0 Å². The van der Waals surface area contributed by atoms with E-state index >= 15 is 0 Å². The molecule has 0 spiro atoms. The number of oxazole rings is 1. The van der Waals surface area contributed by atoms with E-state index in [0.717, 1.165) is 11.4 Å². The Bertz CT molecular complexity index is 826. The molecular formula is C16H15N5O2. The van der Waals surface area contributed by atoms with Crippen LogP contribution in [0, 0.1) is 0 Å². The van der Waals surface area contributed by atoms with Gasteiger partial charge in [0.25, 0.3) is 0 Å². The van der Waals surface area contributed by atoms with Gasteiger partial charge in [-0.3, -0.25) is 9.36 Å². The normalized spacial score (nSPS) is 17.3. The molecule has 1 aliphatic heterocycles. The van der Waals surface area contributed by atoms with Gasteiger partial charge in [0.1, 0.15) is 6.04 Å². The average Bonchev–Trinajstić information content (AvgIpc) is 3.22. The fraction of sp³-hybridized carbons (Fsp3) is 0.250. The molecule has 0 radical (unpaired) electrons. The maximum Gasteiger partial charge on any atom is 0.246 e. The standard InChI is InChI=1S/C16H15N5O2/c1-11-16(22)20(8-12-5-3-2-4-6-12)9-14-18-19-15(21(11)14)13-7-17-10-23-13/h2-7,10-11H,8-9H2,1H3/t11-/m0/s1. The Morgan fingerprint density at radius 2 is 2.09 bits per heavy atom. The number of fused-ring (bicyclic) bond motifs is 1. The van der Waals surface area contributed by atoms with Crippen LogP contribution in [-0.2, 0) is 17.9 Å². The summed E-state index contributed by atoms with van der Waals surface area (Å²) in [6, 6.07) is 9.55. The molecule has 0 saturated carbocycles. The highest BCUT2D eigenvalue weighted by Crippen LogP contribution is 2.28. The molecule has 7 heteroatoms. The molecule has 0 bridgehead atoms. The Balaban J connectivity index is 1.66. The predicted molar refractivity (Wildman–Crippen MR) is 80.9 cm³/mol. The second-order valence-electron chi connectivity index (χ2n) is 5.53. The van der Waals surface area contributed by atoms with Crippen molar-refractivity contribution in [1.82, 2.24) is 24.6 Å². The number of benzene rings is 1. The summed E-state index contributed by atoms with van der Waals surface area (Å²) in [4.78, 5) is 18.4. The number of aromatic nitrogens is 4. The lowest BCUT2D eigenvalue weighted by atomic mass is 10.1. The van der Waals surface area contributed by atoms with E-state index < -0.39 is 0 Å². The van der Waals surface area contributed by atoms with E-state index in [4.69, 9.17) is 4.42 Å². The van der Waals surface area contributed by atoms with E-state index in [1.807, 2.05) is 41.8 Å². The third-order valence-electron chi connectivity index (χ3n) is 4.02. The highest BCUT2D eigenvalue weighted by Gasteiger charge is 2.34. The minimum absolute atomic E-state index is 0.0434. The molecule has 23 heavy (non-hydrogen) atoms. The number of carbonyl (C=O) groups excluding carboxylic acids is 1. The largest absolute Gasteiger partial charge is 0.440 e. The Kier molecular flexibility index (Phi) is 3.18. The fourth-order valence-electron chi connectivity index (χ4n) is 2.89. The Labute approximate surface area is 132 Å². The first kappa shape index (κ1) is 13.7. The molecule has 4 rings (SSSR count). The van der Waals surface area contributed by atoms with Gasteiger partial charge < -0.3 is 9.32 Å². The first-order valence-electron chi connectivity index (χ1n) is 7.39. The van der Waals surface area contributed by atoms with Gasteiger partial charge in [-0.1, -0.05) is 30.3 Å². The van der Waals surface area contributed by atoms with Crippen LogP contribution >= 0.6 is 0 Å². The number of amides is 1. The number of hydrogen-bond donors (Lipinski definition) is 0. The summed E-state index contributed by atoms with van der Waals surface area (Å²) in [5.74, 6) is 1.85. The predicted octanol–water partition coefficient (Wildman–Crippen LogP) is 2.04. The van der Waals surface area contributed by atoms with Crippen molar-refractivity contribution >= 4 is 5.91 Å². The Morgan fingerprint density at radius 3 is 2.83 bits per heavy atom. The number of hydrogen-bond acceptors (Lipinski definition) is 5. The highest BCUT2D eigenvalue weighted by atomic mass is 16.3. The third-order valence-corrected chi connectivity index (χ3v) is 4.02. The van der Waals surface area contributed by atoms with Crippen LogP contribution < -0.4 is 0 Å². The summed E-state index contributed by atoms with van der Waals surface area (Å²) in [5, 5.41) is 8.39. The first-order chi connectivity index (χ1) is 11.2. The number of nitrogens with zero attached hydrogens (tertiary/aromatic N) is 5. The van der Waals surface area contributed by atoms with Crippen molar-refractivity contribution in [1.29, 1.82) is 0 Å². The lowest BCUT2D eigenvalue weighted by Gasteiger charge is -2.31. The van der Waals surface area contributed by atoms with Crippen LogP contribution in [0.5, 0.6) is 0 Å². The maximum absolute atomic E-state index is 12.7. The van der Waals surface area contributed by atoms with E-state index in [2.05, 4.69) is 15.2 Å². The SMILES string of the molecule is C[C@H]1C(=O)N(Cc2ccccc2)Cc2nnc(-c3cnco3)n21. The molecular weight excluding hydrogens is 294 g/mol. The minimum Gasteiger partial charge on any atom is -0.440 e. The van der Waals surface area contributed by atoms with Crippen molar-refractivity contribution in [3.8, 4) is 11.6 Å². The van der Waals surface area contributed by atoms with E-state index in [1.165, 1.54) is 6.39 Å². The van der Waals surface area contributed by atoms with Crippen LogP contribution in [0.2, 0.25) is 0 Å². The number of carbonyl (C=O) groups is 1. The molecule has 0 unspecified atom stereocenters. The third kappa shape index (κ3) is 2.30. The minimum atomic E-state index is -0.377. The van der Waals surface area contributed by atoms with Gasteiger partial charge in [0.05, 0.1) is 12.7 Å². The van der Waals surface area contributed by atoms with Gasteiger partial charge in [0.15, 0.2) is 18.0 Å². The first-order valence-corrected chi connectivity index (χ1v) is 7.39. The molecule has 116 valence electrons. The molecule has 2 aromatic heterocycles. The fourth-order valence-corrected chi connectivity index (χ4v) is 2.89. The van der Waals surface area contributed by atoms with Crippen LogP contribution in [0.25, 0.3) is 11.6 Å². The van der Waals surface area contributed by atoms with Crippen molar-refractivity contribution in [3.63, 3.8) is 0 Å². The summed E-state index contributed by atoms with van der Waals surface area (Å²) >= 11 is 0. The van der Waals surface area contributed by atoms with Gasteiger partial charge in [-0.05, 0) is 12.5 Å². The van der Waals surface area contributed by atoms with Crippen molar-refractivity contribution in [2.24, 2.45) is 0 Å². The zero-order valence-corrected chi connectivity index (χ0v) is 12.6. The summed E-state index contributed by atoms with van der Waals surface area (Å²) in [5.41, 5.74) is 1.09. The quantitative estimate of drug-likeness (QED) is 0.740. The second kappa shape index (κ2) is 5.35. The molecule has 1 amide bonds. The van der Waals surface area contributed by atoms with E-state index in [9.17, 15) is 4.79 Å². The number of rotatable bonds is 3. The molecule has 0 saturated heterocycles. The van der Waals surface area contributed by atoms with Crippen molar-refractivity contribution in [2.75, 3.05) is 0 Å². The average molecular weight is 309 g/mol. The molecule has 3 aromatic rings. The van der Waals surface area contributed by atoms with Gasteiger partial charge in [0, 0.05) is 6.54 Å². The second-order valence-corrected chi connectivity index (χ2v) is 5.53. The molecule has 0 fully saturated rings. The van der Waals surface area contributed by atoms with E-state index in [0.29, 0.717) is 24.7 Å². The lowest BCUT2D eigenvalue weighted by Crippen LogP contribution is -2.41. The van der Waals surface area contributed by atoms with Gasteiger partial charge in [0.2, 0.25) is 11.7 Å². The van der Waals surface area contributed by atoms with E-state index in [-0.39, 0.29) is 11.9 Å². The lowest BCUT2D eigenvalue weighted by molar-refractivity contribution is -0.137. The summed E-state index contributed by atoms with van der Waals surface area (Å²) < 4.78 is 7.11. The van der Waals surface area contributed by atoms with Crippen molar-refractivity contribution < 1.29 is 9.21 Å². The molecule has 7 nitrogen and oxygen atoms in total. The zero-order valence-electron chi connectivity index (χ0n) is 12.6. The molecule has 0 N–H and O–H groups in total. The molecule has 0 aliphatic carbocycles. The zero-order chi connectivity index (χ0) is 15.8. The maximum atomic E-state index is 12.7.